The molecule has 3 saturated carbocycles. The summed E-state index contributed by atoms with van der Waals surface area (Å²) in [5, 5.41) is 4.22. The van der Waals surface area contributed by atoms with Gasteiger partial charge in [0.05, 0.1) is 0 Å². The summed E-state index contributed by atoms with van der Waals surface area (Å²) < 4.78 is 4.83. The Morgan fingerprint density at radius 1 is 0.767 bits per heavy atom. The zero-order valence-corrected chi connectivity index (χ0v) is 21.9. The van der Waals surface area contributed by atoms with Crippen molar-refractivity contribution in [1.82, 2.24) is 0 Å². The van der Waals surface area contributed by atoms with Crippen molar-refractivity contribution in [3.05, 3.63) is 40.3 Å². The molecule has 0 aliphatic heterocycles. The van der Waals surface area contributed by atoms with E-state index in [0.29, 0.717) is 0 Å². The second-order valence-electron chi connectivity index (χ2n) is 10.4. The Hall–Kier alpha value is -0.671. The van der Waals surface area contributed by atoms with Gasteiger partial charge in [-0.05, 0) is 0 Å². The molecule has 0 heterocycles. The van der Waals surface area contributed by atoms with Crippen molar-refractivity contribution in [3.8, 4) is 0 Å². The van der Waals surface area contributed by atoms with Crippen LogP contribution in [0.25, 0.3) is 10.4 Å². The fraction of sp³-hybridized carbons (Fsp3) is 0.769. The van der Waals surface area contributed by atoms with Crippen LogP contribution in [0.5, 0.6) is 0 Å². The third kappa shape index (κ3) is 4.44. The SMILES string of the molecule is CC(N=[N+]=[N-])c1cccc[c]1[Sn]([CH]1CCCCC1)([CH]1CCCCC1)[CH]1CCCCC1. The van der Waals surface area contributed by atoms with Crippen molar-refractivity contribution in [2.45, 2.75) is 121 Å². The van der Waals surface area contributed by atoms with E-state index in [4.69, 9.17) is 0 Å². The molecule has 3 nitrogen and oxygen atoms in total. The van der Waals surface area contributed by atoms with E-state index >= 15 is 0 Å². The number of hydrogen-bond acceptors (Lipinski definition) is 1. The van der Waals surface area contributed by atoms with E-state index in [1.54, 1.807) is 3.58 Å². The Bertz CT molecular complexity index is 678. The van der Waals surface area contributed by atoms with Gasteiger partial charge in [0.15, 0.2) is 0 Å². The van der Waals surface area contributed by atoms with Crippen molar-refractivity contribution in [3.63, 3.8) is 0 Å². The maximum absolute atomic E-state index is 9.21. The van der Waals surface area contributed by atoms with Crippen molar-refractivity contribution in [2.24, 2.45) is 5.11 Å². The zero-order chi connectivity index (χ0) is 20.8. The van der Waals surface area contributed by atoms with Gasteiger partial charge in [0.1, 0.15) is 0 Å². The van der Waals surface area contributed by atoms with Gasteiger partial charge in [-0.1, -0.05) is 0 Å². The standard InChI is InChI=1S/C8H8N3.3C6H11.Sn/c1-7(10-11-9)8-5-3-2-4-6-8;3*1-2-4-6-5-3-1;/h2-5,7H,1H3;3*1H,2-6H2;. The Kier molecular flexibility index (Phi) is 8.08. The molecule has 0 aromatic heterocycles. The molecule has 1 atom stereocenters. The molecule has 1 aromatic carbocycles. The molecule has 164 valence electrons. The predicted octanol–water partition coefficient (Wildman–Crippen LogP) is 8.72. The molecule has 0 bridgehead atoms. The molecular weight excluding hydrogens is 473 g/mol. The van der Waals surface area contributed by atoms with Gasteiger partial charge >= 0.3 is 188 Å². The average molecular weight is 514 g/mol. The van der Waals surface area contributed by atoms with Gasteiger partial charge < -0.3 is 0 Å². The molecule has 0 amide bonds. The molecule has 0 radical (unpaired) electrons. The Morgan fingerprint density at radius 3 is 1.63 bits per heavy atom. The summed E-state index contributed by atoms with van der Waals surface area (Å²) in [7, 11) is 0. The van der Waals surface area contributed by atoms with Crippen LogP contribution in [0, 0.1) is 0 Å². The Balaban J connectivity index is 1.90. The minimum atomic E-state index is -2.85. The third-order valence-corrected chi connectivity index (χ3v) is 29.4. The molecule has 3 fully saturated rings. The maximum atomic E-state index is 9.21. The fourth-order valence-corrected chi connectivity index (χ4v) is 32.3. The van der Waals surface area contributed by atoms with Crippen LogP contribution < -0.4 is 3.58 Å². The van der Waals surface area contributed by atoms with Crippen LogP contribution >= 0.6 is 0 Å². The second kappa shape index (κ2) is 10.8. The van der Waals surface area contributed by atoms with E-state index in [1.807, 2.05) is 0 Å². The molecular formula is C26H41N3Sn. The topological polar surface area (TPSA) is 48.8 Å². The van der Waals surface area contributed by atoms with Gasteiger partial charge in [0.2, 0.25) is 0 Å². The van der Waals surface area contributed by atoms with Crippen molar-refractivity contribution >= 4 is 22.0 Å². The summed E-state index contributed by atoms with van der Waals surface area (Å²) in [6, 6.07) is 9.36. The molecule has 30 heavy (non-hydrogen) atoms. The summed E-state index contributed by atoms with van der Waals surface area (Å²) in [5.74, 6) is 0. The van der Waals surface area contributed by atoms with Gasteiger partial charge in [-0.25, -0.2) is 0 Å². The first-order valence-electron chi connectivity index (χ1n) is 12.9. The summed E-state index contributed by atoms with van der Waals surface area (Å²) in [4.78, 5) is 3.22. The minimum absolute atomic E-state index is 0.0296. The molecule has 1 unspecified atom stereocenters. The van der Waals surface area contributed by atoms with Crippen molar-refractivity contribution < 1.29 is 0 Å². The van der Waals surface area contributed by atoms with Gasteiger partial charge in [0.25, 0.3) is 0 Å². The van der Waals surface area contributed by atoms with Crippen LogP contribution in [0.4, 0.5) is 0 Å². The first-order valence-corrected chi connectivity index (χ1v) is 19.3. The van der Waals surface area contributed by atoms with Crippen LogP contribution in [-0.4, -0.2) is 18.4 Å². The number of benzene rings is 1. The van der Waals surface area contributed by atoms with E-state index in [-0.39, 0.29) is 6.04 Å². The normalized spacial score (nSPS) is 23.6. The zero-order valence-electron chi connectivity index (χ0n) is 19.1. The van der Waals surface area contributed by atoms with E-state index in [9.17, 15) is 5.53 Å². The first-order chi connectivity index (χ1) is 14.8. The molecule has 3 aliphatic rings. The van der Waals surface area contributed by atoms with E-state index < -0.39 is 18.4 Å². The van der Waals surface area contributed by atoms with Gasteiger partial charge in [-0.3, -0.25) is 0 Å². The van der Waals surface area contributed by atoms with E-state index in [0.717, 1.165) is 11.8 Å². The predicted molar refractivity (Wildman–Crippen MR) is 130 cm³/mol. The number of hydrogen-bond donors (Lipinski definition) is 0. The van der Waals surface area contributed by atoms with Gasteiger partial charge in [-0.2, -0.15) is 0 Å². The molecule has 0 saturated heterocycles. The van der Waals surface area contributed by atoms with Crippen LogP contribution in [-0.2, 0) is 0 Å². The van der Waals surface area contributed by atoms with E-state index in [1.165, 1.54) is 102 Å². The van der Waals surface area contributed by atoms with Gasteiger partial charge in [-0.15, -0.1) is 0 Å². The third-order valence-electron chi connectivity index (χ3n) is 8.94. The molecule has 4 rings (SSSR count). The van der Waals surface area contributed by atoms with Gasteiger partial charge in [0, 0.05) is 0 Å². The fourth-order valence-electron chi connectivity index (χ4n) is 7.80. The monoisotopic (exact) mass is 515 g/mol. The van der Waals surface area contributed by atoms with Crippen LogP contribution in [0.1, 0.15) is 115 Å². The summed E-state index contributed by atoms with van der Waals surface area (Å²) >= 11 is -2.85. The number of nitrogens with zero attached hydrogens (tertiary/aromatic N) is 3. The molecule has 4 heteroatoms. The number of azide groups is 1. The number of rotatable bonds is 6. The van der Waals surface area contributed by atoms with Crippen molar-refractivity contribution in [1.29, 1.82) is 0 Å². The van der Waals surface area contributed by atoms with Crippen LogP contribution in [0.15, 0.2) is 29.4 Å². The molecule has 0 N–H and O–H groups in total. The van der Waals surface area contributed by atoms with Crippen LogP contribution in [0.3, 0.4) is 0 Å². The van der Waals surface area contributed by atoms with Crippen LogP contribution in [0.2, 0.25) is 11.8 Å². The van der Waals surface area contributed by atoms with E-state index in [2.05, 4.69) is 41.2 Å². The summed E-state index contributed by atoms with van der Waals surface area (Å²) in [6.45, 7) is 2.14. The summed E-state index contributed by atoms with van der Waals surface area (Å²) in [6.07, 6.45) is 22.0. The Labute approximate surface area is 187 Å². The quantitative estimate of drug-likeness (QED) is 0.158. The summed E-state index contributed by atoms with van der Waals surface area (Å²) in [5.41, 5.74) is 10.6. The first kappa shape index (κ1) is 22.5. The van der Waals surface area contributed by atoms with Crippen molar-refractivity contribution in [2.75, 3.05) is 0 Å². The molecule has 0 spiro atoms. The average Bonchev–Trinajstić information content (AvgIpc) is 2.82. The molecule has 3 aliphatic carbocycles. The Morgan fingerprint density at radius 2 is 1.20 bits per heavy atom. The second-order valence-corrected chi connectivity index (χ2v) is 24.3. The molecule has 1 aromatic rings.